The molecule has 6 nitrogen and oxygen atoms in total. The van der Waals surface area contributed by atoms with E-state index in [9.17, 15) is 4.79 Å². The van der Waals surface area contributed by atoms with Crippen LogP contribution in [0.2, 0.25) is 5.02 Å². The molecule has 0 aliphatic carbocycles. The van der Waals surface area contributed by atoms with Crippen molar-refractivity contribution in [3.05, 3.63) is 33.2 Å². The largest absolute Gasteiger partial charge is 0.493 e. The van der Waals surface area contributed by atoms with Gasteiger partial charge in [-0.3, -0.25) is 9.69 Å². The zero-order valence-corrected chi connectivity index (χ0v) is 20.8. The molecule has 31 heavy (non-hydrogen) atoms. The Morgan fingerprint density at radius 2 is 1.90 bits per heavy atom. The highest BCUT2D eigenvalue weighted by Crippen LogP contribution is 2.38. The number of nitrogens with zero attached hydrogens (tertiary/aromatic N) is 3. The summed E-state index contributed by atoms with van der Waals surface area (Å²) in [5, 5.41) is 1.58. The Labute approximate surface area is 200 Å². The van der Waals surface area contributed by atoms with Gasteiger partial charge in [-0.05, 0) is 73.3 Å². The van der Waals surface area contributed by atoms with Gasteiger partial charge in [0.15, 0.2) is 5.13 Å². The number of hydrogen-bond donors (Lipinski definition) is 0. The Bertz CT molecular complexity index is 911. The van der Waals surface area contributed by atoms with E-state index in [1.54, 1.807) is 29.5 Å². The van der Waals surface area contributed by atoms with Crippen LogP contribution in [0.25, 0.3) is 0 Å². The minimum absolute atomic E-state index is 0.152. The molecule has 0 amide bonds. The fraction of sp³-hybridized carbons (Fsp3) is 0.545. The molecule has 0 N–H and O–H groups in total. The van der Waals surface area contributed by atoms with Crippen LogP contribution in [0.3, 0.4) is 0 Å². The first-order valence-electron chi connectivity index (χ1n) is 10.7. The summed E-state index contributed by atoms with van der Waals surface area (Å²) in [5.41, 5.74) is 0.152. The van der Waals surface area contributed by atoms with Gasteiger partial charge in [0.05, 0.1) is 16.6 Å². The van der Waals surface area contributed by atoms with Crippen molar-refractivity contribution >= 4 is 50.0 Å². The first-order valence-corrected chi connectivity index (χ1v) is 12.7. The summed E-state index contributed by atoms with van der Waals surface area (Å²) >= 11 is 11.4. The molecule has 0 bridgehead atoms. The molecule has 1 aromatic carbocycles. The maximum Gasteiger partial charge on any atom is 0.308 e. The van der Waals surface area contributed by atoms with Gasteiger partial charge < -0.3 is 14.4 Å². The zero-order valence-electron chi connectivity index (χ0n) is 17.6. The van der Waals surface area contributed by atoms with E-state index in [-0.39, 0.29) is 11.5 Å². The highest BCUT2D eigenvalue weighted by molar-refractivity contribution is 9.11. The smallest absolute Gasteiger partial charge is 0.308 e. The van der Waals surface area contributed by atoms with Crippen molar-refractivity contribution in [1.29, 1.82) is 0 Å². The van der Waals surface area contributed by atoms with Gasteiger partial charge in [0.25, 0.3) is 0 Å². The molecule has 0 unspecified atom stereocenters. The second kappa shape index (κ2) is 10.1. The number of halogens is 2. The number of esters is 1. The van der Waals surface area contributed by atoms with Gasteiger partial charge in [0.2, 0.25) is 0 Å². The van der Waals surface area contributed by atoms with Crippen LogP contribution < -0.4 is 14.4 Å². The normalized spacial score (nSPS) is 18.9. The summed E-state index contributed by atoms with van der Waals surface area (Å²) in [6.45, 7) is 6.30. The van der Waals surface area contributed by atoms with Crippen molar-refractivity contribution in [2.75, 3.05) is 37.7 Å². The first-order chi connectivity index (χ1) is 14.9. The number of carbonyl (C=O) groups is 1. The standard InChI is InChI=1S/C22H27BrClN3O3S/c1-16(28)30-19-13-17(24)12-18(14-19)29-11-6-22(27-7-2-3-8-27)4-9-26(10-5-22)21-25-15-20(23)31-21/h12-15H,2-11H2,1H3. The van der Waals surface area contributed by atoms with Gasteiger partial charge in [0.1, 0.15) is 11.5 Å². The quantitative estimate of drug-likeness (QED) is 0.355. The number of hydrogen-bond acceptors (Lipinski definition) is 7. The van der Waals surface area contributed by atoms with E-state index in [2.05, 4.69) is 30.7 Å². The van der Waals surface area contributed by atoms with Crippen LogP contribution in [-0.4, -0.2) is 54.2 Å². The van der Waals surface area contributed by atoms with Gasteiger partial charge in [-0.2, -0.15) is 0 Å². The van der Waals surface area contributed by atoms with E-state index in [1.165, 1.54) is 19.8 Å². The Morgan fingerprint density at radius 3 is 2.55 bits per heavy atom. The fourth-order valence-electron chi connectivity index (χ4n) is 4.63. The van der Waals surface area contributed by atoms with Gasteiger partial charge in [-0.15, -0.1) is 0 Å². The molecule has 4 rings (SSSR count). The number of benzene rings is 1. The van der Waals surface area contributed by atoms with E-state index >= 15 is 0 Å². The Balaban J connectivity index is 1.40. The second-order valence-corrected chi connectivity index (χ2v) is 11.0. The molecular weight excluding hydrogens is 502 g/mol. The van der Waals surface area contributed by atoms with Crippen molar-refractivity contribution < 1.29 is 14.3 Å². The summed E-state index contributed by atoms with van der Waals surface area (Å²) in [6, 6.07) is 5.10. The first kappa shape index (κ1) is 22.8. The molecular formula is C22H27BrClN3O3S. The lowest BCUT2D eigenvalue weighted by molar-refractivity contribution is -0.131. The third-order valence-corrected chi connectivity index (χ3v) is 7.90. The van der Waals surface area contributed by atoms with Gasteiger partial charge >= 0.3 is 5.97 Å². The molecule has 2 aromatic rings. The van der Waals surface area contributed by atoms with Gasteiger partial charge in [-0.1, -0.05) is 22.9 Å². The van der Waals surface area contributed by atoms with E-state index in [4.69, 9.17) is 21.1 Å². The lowest BCUT2D eigenvalue weighted by atomic mass is 9.83. The molecule has 0 saturated carbocycles. The minimum atomic E-state index is -0.375. The summed E-state index contributed by atoms with van der Waals surface area (Å²) in [5.74, 6) is 0.665. The summed E-state index contributed by atoms with van der Waals surface area (Å²) in [6.07, 6.45) is 7.57. The predicted octanol–water partition coefficient (Wildman–Crippen LogP) is 5.39. The van der Waals surface area contributed by atoms with Crippen molar-refractivity contribution in [3.8, 4) is 11.5 Å². The highest BCUT2D eigenvalue weighted by Gasteiger charge is 2.41. The molecule has 0 spiro atoms. The second-order valence-electron chi connectivity index (χ2n) is 8.17. The van der Waals surface area contributed by atoms with Gasteiger partial charge in [-0.25, -0.2) is 4.98 Å². The van der Waals surface area contributed by atoms with Crippen LogP contribution in [0.15, 0.2) is 28.2 Å². The van der Waals surface area contributed by atoms with Crippen molar-refractivity contribution in [1.82, 2.24) is 9.88 Å². The number of likely N-dealkylation sites (tertiary alicyclic amines) is 1. The number of anilines is 1. The molecule has 2 fully saturated rings. The van der Waals surface area contributed by atoms with Gasteiger partial charge in [0, 0.05) is 36.6 Å². The molecule has 2 aliphatic rings. The highest BCUT2D eigenvalue weighted by atomic mass is 79.9. The number of carbonyl (C=O) groups excluding carboxylic acids is 1. The molecule has 1 aromatic heterocycles. The lowest BCUT2D eigenvalue weighted by Gasteiger charge is -2.47. The van der Waals surface area contributed by atoms with Crippen molar-refractivity contribution in [3.63, 3.8) is 0 Å². The lowest BCUT2D eigenvalue weighted by Crippen LogP contribution is -2.55. The predicted molar refractivity (Wildman–Crippen MR) is 128 cm³/mol. The maximum absolute atomic E-state index is 11.3. The number of ether oxygens (including phenoxy) is 2. The fourth-order valence-corrected chi connectivity index (χ4v) is 6.07. The topological polar surface area (TPSA) is 54.9 Å². The molecule has 168 valence electrons. The SMILES string of the molecule is CC(=O)Oc1cc(Cl)cc(OCCC2(N3CCCC3)CCN(c3ncc(Br)s3)CC2)c1. The zero-order chi connectivity index (χ0) is 21.8. The number of rotatable bonds is 7. The van der Waals surface area contributed by atoms with Crippen LogP contribution in [0.4, 0.5) is 5.13 Å². The van der Waals surface area contributed by atoms with Crippen molar-refractivity contribution in [2.45, 2.75) is 44.6 Å². The van der Waals surface area contributed by atoms with Crippen LogP contribution >= 0.6 is 38.9 Å². The van der Waals surface area contributed by atoms with Crippen LogP contribution in [-0.2, 0) is 4.79 Å². The Kier molecular flexibility index (Phi) is 7.41. The van der Waals surface area contributed by atoms with E-state index < -0.39 is 0 Å². The number of piperidine rings is 1. The van der Waals surface area contributed by atoms with E-state index in [1.807, 2.05) is 6.20 Å². The monoisotopic (exact) mass is 527 g/mol. The van der Waals surface area contributed by atoms with Crippen LogP contribution in [0, 0.1) is 0 Å². The number of thiazole rings is 1. The molecule has 0 atom stereocenters. The molecule has 0 radical (unpaired) electrons. The molecule has 2 aliphatic heterocycles. The molecule has 3 heterocycles. The van der Waals surface area contributed by atoms with E-state index in [0.717, 1.165) is 54.4 Å². The maximum atomic E-state index is 11.3. The van der Waals surface area contributed by atoms with Crippen molar-refractivity contribution in [2.24, 2.45) is 0 Å². The minimum Gasteiger partial charge on any atom is -0.493 e. The third kappa shape index (κ3) is 5.72. The summed E-state index contributed by atoms with van der Waals surface area (Å²) in [4.78, 5) is 20.9. The Hall–Kier alpha value is -1.35. The summed E-state index contributed by atoms with van der Waals surface area (Å²) in [7, 11) is 0. The molecule has 9 heteroatoms. The van der Waals surface area contributed by atoms with Crippen LogP contribution in [0.5, 0.6) is 11.5 Å². The third-order valence-electron chi connectivity index (χ3n) is 6.15. The van der Waals surface area contributed by atoms with Crippen LogP contribution in [0.1, 0.15) is 39.0 Å². The summed E-state index contributed by atoms with van der Waals surface area (Å²) < 4.78 is 12.3. The average Bonchev–Trinajstić information content (AvgIpc) is 3.40. The number of aromatic nitrogens is 1. The average molecular weight is 529 g/mol. The molecule has 2 saturated heterocycles. The van der Waals surface area contributed by atoms with E-state index in [0.29, 0.717) is 23.1 Å². The Morgan fingerprint density at radius 1 is 1.19 bits per heavy atom.